The third-order valence-electron chi connectivity index (χ3n) is 1.95. The molecule has 0 radical (unpaired) electrons. The van der Waals surface area contributed by atoms with E-state index in [1.807, 2.05) is 0 Å². The highest BCUT2D eigenvalue weighted by Gasteiger charge is 2.38. The maximum Gasteiger partial charge on any atom is 0.160 e. The van der Waals surface area contributed by atoms with Crippen molar-refractivity contribution in [2.24, 2.45) is 0 Å². The highest BCUT2D eigenvalue weighted by Crippen LogP contribution is 2.22. The molecule has 72 valence electrons. The van der Waals surface area contributed by atoms with Crippen LogP contribution < -0.4 is 0 Å². The lowest BCUT2D eigenvalue weighted by molar-refractivity contribution is -0.150. The first-order valence-electron chi connectivity index (χ1n) is 3.84. The zero-order valence-electron chi connectivity index (χ0n) is 6.88. The molecule has 0 aliphatic carbocycles. The summed E-state index contributed by atoms with van der Waals surface area (Å²) in [6, 6.07) is 0. The summed E-state index contributed by atoms with van der Waals surface area (Å²) in [6.07, 6.45) is -2.69. The summed E-state index contributed by atoms with van der Waals surface area (Å²) in [6.45, 7) is -0.418. The van der Waals surface area contributed by atoms with Gasteiger partial charge in [-0.25, -0.2) is 0 Å². The summed E-state index contributed by atoms with van der Waals surface area (Å²) in [7, 11) is 1.46. The van der Waals surface area contributed by atoms with E-state index in [0.717, 1.165) is 0 Å². The highest BCUT2D eigenvalue weighted by atomic mass is 16.7. The van der Waals surface area contributed by atoms with E-state index in [4.69, 9.17) is 19.7 Å². The van der Waals surface area contributed by atoms with Gasteiger partial charge in [-0.3, -0.25) is 0 Å². The van der Waals surface area contributed by atoms with Gasteiger partial charge < -0.3 is 24.8 Å². The predicted molar refractivity (Wildman–Crippen MR) is 39.4 cm³/mol. The van der Waals surface area contributed by atoms with Gasteiger partial charge in [-0.05, 0) is 0 Å². The van der Waals surface area contributed by atoms with E-state index in [1.54, 1.807) is 0 Å². The van der Waals surface area contributed by atoms with Gasteiger partial charge in [0.15, 0.2) is 6.29 Å². The second-order valence-electron chi connectivity index (χ2n) is 2.82. The van der Waals surface area contributed by atoms with Crippen molar-refractivity contribution in [3.63, 3.8) is 0 Å². The number of aliphatic hydroxyl groups is 3. The van der Waals surface area contributed by atoms with Crippen LogP contribution in [0, 0.1) is 0 Å². The van der Waals surface area contributed by atoms with E-state index in [2.05, 4.69) is 0 Å². The molecule has 1 aliphatic heterocycles. The summed E-state index contributed by atoms with van der Waals surface area (Å²) >= 11 is 0. The molecule has 0 amide bonds. The fraction of sp³-hybridized carbons (Fsp3) is 1.00. The molecule has 12 heavy (non-hydrogen) atoms. The molecular formula is C7H14O5. The number of hydrogen-bond acceptors (Lipinski definition) is 5. The molecule has 1 rings (SSSR count). The van der Waals surface area contributed by atoms with E-state index < -0.39 is 31.2 Å². The number of methoxy groups -OCH3 is 1. The van der Waals surface area contributed by atoms with Crippen molar-refractivity contribution in [1.29, 1.82) is 0 Å². The average molecular weight is 178 g/mol. The molecule has 2 unspecified atom stereocenters. The largest absolute Gasteiger partial charge is 0.394 e. The Balaban J connectivity index is 2.45. The first kappa shape index (κ1) is 9.88. The average Bonchev–Trinajstić information content (AvgIpc) is 2.45. The summed E-state index contributed by atoms with van der Waals surface area (Å²) in [4.78, 5) is 0. The minimum Gasteiger partial charge on any atom is -0.394 e. The fourth-order valence-corrected chi connectivity index (χ4v) is 1.26. The van der Waals surface area contributed by atoms with E-state index in [-0.39, 0.29) is 0 Å². The third kappa shape index (κ3) is 1.94. The normalized spacial score (nSPS) is 38.5. The third-order valence-corrected chi connectivity index (χ3v) is 1.95. The van der Waals surface area contributed by atoms with Crippen molar-refractivity contribution in [3.05, 3.63) is 0 Å². The Labute approximate surface area is 70.5 Å². The van der Waals surface area contributed by atoms with Gasteiger partial charge in [-0.1, -0.05) is 0 Å². The Morgan fingerprint density at radius 2 is 2.33 bits per heavy atom. The Kier molecular flexibility index (Phi) is 3.42. The van der Waals surface area contributed by atoms with E-state index >= 15 is 0 Å². The van der Waals surface area contributed by atoms with Crippen LogP contribution in [-0.2, 0) is 9.47 Å². The second-order valence-corrected chi connectivity index (χ2v) is 2.82. The van der Waals surface area contributed by atoms with Crippen LogP contribution in [0.5, 0.6) is 0 Å². The molecule has 0 bridgehead atoms. The molecule has 0 aromatic rings. The quantitative estimate of drug-likeness (QED) is 0.488. The summed E-state index contributed by atoms with van der Waals surface area (Å²) in [5, 5.41) is 27.1. The van der Waals surface area contributed by atoms with Gasteiger partial charge in [0.1, 0.15) is 12.2 Å². The van der Waals surface area contributed by atoms with Gasteiger partial charge in [-0.15, -0.1) is 0 Å². The standard InChI is InChI=1S/C7H14O5/c1-11-6-2-4(9)7(12-6)5(10)3-8/h4-10H,2-3H2,1H3/t4?,5?,6-,7-/m1/s1. The Morgan fingerprint density at radius 3 is 2.75 bits per heavy atom. The molecular weight excluding hydrogens is 164 g/mol. The maximum atomic E-state index is 9.32. The van der Waals surface area contributed by atoms with Crippen molar-refractivity contribution in [2.75, 3.05) is 13.7 Å². The van der Waals surface area contributed by atoms with Crippen molar-refractivity contribution in [3.8, 4) is 0 Å². The molecule has 1 heterocycles. The number of hydrogen-bond donors (Lipinski definition) is 3. The van der Waals surface area contributed by atoms with Crippen LogP contribution in [-0.4, -0.2) is 53.6 Å². The summed E-state index contributed by atoms with van der Waals surface area (Å²) < 4.78 is 9.92. The molecule has 0 aromatic carbocycles. The second kappa shape index (κ2) is 4.15. The number of rotatable bonds is 3. The first-order valence-corrected chi connectivity index (χ1v) is 3.84. The van der Waals surface area contributed by atoms with Crippen LogP contribution in [0.1, 0.15) is 6.42 Å². The topological polar surface area (TPSA) is 79.2 Å². The number of aliphatic hydroxyl groups excluding tert-OH is 3. The van der Waals surface area contributed by atoms with Crippen LogP contribution in [0.25, 0.3) is 0 Å². The van der Waals surface area contributed by atoms with Gasteiger partial charge in [-0.2, -0.15) is 0 Å². The van der Waals surface area contributed by atoms with Crippen LogP contribution in [0.3, 0.4) is 0 Å². The van der Waals surface area contributed by atoms with Crippen LogP contribution in [0.2, 0.25) is 0 Å². The monoisotopic (exact) mass is 178 g/mol. The molecule has 1 aliphatic rings. The molecule has 4 atom stereocenters. The molecule has 0 aromatic heterocycles. The van der Waals surface area contributed by atoms with Gasteiger partial charge in [0.25, 0.3) is 0 Å². The smallest absolute Gasteiger partial charge is 0.160 e. The van der Waals surface area contributed by atoms with Gasteiger partial charge in [0.05, 0.1) is 12.7 Å². The van der Waals surface area contributed by atoms with Crippen molar-refractivity contribution >= 4 is 0 Å². The zero-order valence-corrected chi connectivity index (χ0v) is 6.88. The lowest BCUT2D eigenvalue weighted by atomic mass is 10.1. The summed E-state index contributed by atoms with van der Waals surface area (Å²) in [5.74, 6) is 0. The van der Waals surface area contributed by atoms with Crippen molar-refractivity contribution < 1.29 is 24.8 Å². The van der Waals surface area contributed by atoms with Crippen molar-refractivity contribution in [2.45, 2.75) is 31.0 Å². The van der Waals surface area contributed by atoms with Crippen LogP contribution >= 0.6 is 0 Å². The van der Waals surface area contributed by atoms with Gasteiger partial charge in [0.2, 0.25) is 0 Å². The van der Waals surface area contributed by atoms with E-state index in [1.165, 1.54) is 7.11 Å². The Morgan fingerprint density at radius 1 is 1.67 bits per heavy atom. The van der Waals surface area contributed by atoms with Gasteiger partial charge in [0, 0.05) is 13.5 Å². The molecule has 5 heteroatoms. The molecule has 3 N–H and O–H groups in total. The number of ether oxygens (including phenoxy) is 2. The predicted octanol–water partition coefficient (Wildman–Crippen LogP) is -1.54. The minimum absolute atomic E-state index is 0.332. The fourth-order valence-electron chi connectivity index (χ4n) is 1.26. The summed E-state index contributed by atoms with van der Waals surface area (Å²) in [5.41, 5.74) is 0. The van der Waals surface area contributed by atoms with E-state index in [9.17, 15) is 5.11 Å². The lowest BCUT2D eigenvalue weighted by Gasteiger charge is -2.18. The van der Waals surface area contributed by atoms with Gasteiger partial charge >= 0.3 is 0 Å². The lowest BCUT2D eigenvalue weighted by Crippen LogP contribution is -2.36. The Hall–Kier alpha value is -0.200. The SMILES string of the molecule is CO[C@H]1CC(O)[C@H](C(O)CO)O1. The van der Waals surface area contributed by atoms with Crippen LogP contribution in [0.15, 0.2) is 0 Å². The molecule has 0 spiro atoms. The highest BCUT2D eigenvalue weighted by molar-refractivity contribution is 4.83. The van der Waals surface area contributed by atoms with E-state index in [0.29, 0.717) is 6.42 Å². The Bertz CT molecular complexity index is 140. The van der Waals surface area contributed by atoms with Crippen LogP contribution in [0.4, 0.5) is 0 Å². The molecule has 1 fully saturated rings. The zero-order chi connectivity index (χ0) is 9.14. The van der Waals surface area contributed by atoms with Crippen molar-refractivity contribution in [1.82, 2.24) is 0 Å². The molecule has 0 saturated carbocycles. The minimum atomic E-state index is -1.04. The molecule has 1 saturated heterocycles. The molecule has 5 nitrogen and oxygen atoms in total. The maximum absolute atomic E-state index is 9.32. The first-order chi connectivity index (χ1) is 5.69.